The van der Waals surface area contributed by atoms with Crippen LogP contribution in [0.15, 0.2) is 23.3 Å². The fourth-order valence-corrected chi connectivity index (χ4v) is 3.35. The van der Waals surface area contributed by atoms with Gasteiger partial charge in [0, 0.05) is 38.6 Å². The third-order valence-corrected chi connectivity index (χ3v) is 4.84. The smallest absolute Gasteiger partial charge is 0.414 e. The summed E-state index contributed by atoms with van der Waals surface area (Å²) in [6, 6.07) is 4.71. The average Bonchev–Trinajstić information content (AvgIpc) is 3.08. The number of cyclic esters (lactones) is 1. The molecule has 1 aromatic carbocycles. The zero-order chi connectivity index (χ0) is 20.8. The normalized spacial score (nSPS) is 19.2. The Balaban J connectivity index is 1.60. The molecule has 29 heavy (non-hydrogen) atoms. The fraction of sp³-hybridized carbons (Fsp3) is 0.526. The number of ether oxygens (including phenoxy) is 1. The molecule has 0 aliphatic carbocycles. The van der Waals surface area contributed by atoms with E-state index in [4.69, 9.17) is 9.84 Å². The van der Waals surface area contributed by atoms with Gasteiger partial charge in [0.25, 0.3) is 0 Å². The molecule has 2 saturated heterocycles. The van der Waals surface area contributed by atoms with Crippen LogP contribution >= 0.6 is 0 Å². The number of benzene rings is 1. The molecule has 3 N–H and O–H groups in total. The molecule has 2 aliphatic heterocycles. The maximum atomic E-state index is 14.8. The molecule has 9 nitrogen and oxygen atoms in total. The highest BCUT2D eigenvalue weighted by Crippen LogP contribution is 2.29. The van der Waals surface area contributed by atoms with Gasteiger partial charge in [0.05, 0.1) is 37.6 Å². The topological polar surface area (TPSA) is 107 Å². The van der Waals surface area contributed by atoms with Crippen LogP contribution < -0.4 is 20.5 Å². The molecule has 0 spiro atoms. The second-order valence-corrected chi connectivity index (χ2v) is 6.99. The van der Waals surface area contributed by atoms with E-state index in [9.17, 15) is 14.0 Å². The molecule has 3 rings (SSSR count). The number of piperidine rings is 1. The molecule has 0 radical (unpaired) electrons. The van der Waals surface area contributed by atoms with Gasteiger partial charge in [-0.2, -0.15) is 5.10 Å². The number of aliphatic hydroxyl groups excluding tert-OH is 1. The molecular weight excluding hydrogens is 381 g/mol. The lowest BCUT2D eigenvalue weighted by Gasteiger charge is -2.30. The van der Waals surface area contributed by atoms with Crippen molar-refractivity contribution in [2.45, 2.75) is 25.9 Å². The summed E-state index contributed by atoms with van der Waals surface area (Å²) in [5.41, 5.74) is 4.71. The summed E-state index contributed by atoms with van der Waals surface area (Å²) in [6.07, 6.45) is 0.404. The molecule has 0 aromatic heterocycles. The first kappa shape index (κ1) is 20.8. The van der Waals surface area contributed by atoms with Crippen molar-refractivity contribution in [1.82, 2.24) is 10.7 Å². The van der Waals surface area contributed by atoms with Crippen LogP contribution in [0.25, 0.3) is 0 Å². The second kappa shape index (κ2) is 9.55. The van der Waals surface area contributed by atoms with Gasteiger partial charge >= 0.3 is 6.09 Å². The number of amides is 2. The number of anilines is 2. The van der Waals surface area contributed by atoms with Gasteiger partial charge in [-0.3, -0.25) is 9.69 Å². The summed E-state index contributed by atoms with van der Waals surface area (Å²) in [7, 11) is 0. The van der Waals surface area contributed by atoms with Crippen LogP contribution in [0, 0.1) is 5.82 Å². The standard InChI is InChI=1S/C19H26FN5O4/c1-13(27)21-11-16-12-25(19(28)29-16)15-2-3-18(17(20)10-15)24-7-4-14(5-8-24)23-22-6-9-26/h2-3,10,16,22,26H,4-9,11-12H2,1H3,(H,21,27)/t16-/m0/s1. The molecule has 2 heterocycles. The number of hydrogen-bond donors (Lipinski definition) is 3. The van der Waals surface area contributed by atoms with E-state index in [2.05, 4.69) is 15.8 Å². The fourth-order valence-electron chi connectivity index (χ4n) is 3.35. The van der Waals surface area contributed by atoms with Gasteiger partial charge in [0.15, 0.2) is 0 Å². The van der Waals surface area contributed by atoms with Crippen LogP contribution in [-0.4, -0.2) is 68.3 Å². The second-order valence-electron chi connectivity index (χ2n) is 6.99. The Morgan fingerprint density at radius 1 is 1.38 bits per heavy atom. The van der Waals surface area contributed by atoms with E-state index in [-0.39, 0.29) is 25.6 Å². The predicted molar refractivity (Wildman–Crippen MR) is 107 cm³/mol. The van der Waals surface area contributed by atoms with Gasteiger partial charge in [-0.25, -0.2) is 9.18 Å². The molecule has 158 valence electrons. The molecule has 1 aromatic rings. The van der Waals surface area contributed by atoms with Gasteiger partial charge in [-0.15, -0.1) is 0 Å². The van der Waals surface area contributed by atoms with E-state index in [1.165, 1.54) is 17.9 Å². The summed E-state index contributed by atoms with van der Waals surface area (Å²) < 4.78 is 20.0. The Hall–Kier alpha value is -2.88. The lowest BCUT2D eigenvalue weighted by Crippen LogP contribution is -2.35. The van der Waals surface area contributed by atoms with E-state index in [0.29, 0.717) is 43.9 Å². The molecule has 0 saturated carbocycles. The molecular formula is C19H26FN5O4. The van der Waals surface area contributed by atoms with Crippen LogP contribution in [-0.2, 0) is 9.53 Å². The number of hydrogen-bond acceptors (Lipinski definition) is 7. The number of hydrazone groups is 1. The molecule has 2 amide bonds. The van der Waals surface area contributed by atoms with Crippen molar-refractivity contribution >= 4 is 29.1 Å². The molecule has 0 unspecified atom stereocenters. The quantitative estimate of drug-likeness (QED) is 0.457. The van der Waals surface area contributed by atoms with E-state index in [0.717, 1.165) is 5.71 Å². The lowest BCUT2D eigenvalue weighted by molar-refractivity contribution is -0.119. The first-order valence-electron chi connectivity index (χ1n) is 9.64. The zero-order valence-electron chi connectivity index (χ0n) is 16.4. The number of aliphatic hydroxyl groups is 1. The number of nitrogens with zero attached hydrogens (tertiary/aromatic N) is 3. The van der Waals surface area contributed by atoms with Gasteiger partial charge < -0.3 is 25.5 Å². The van der Waals surface area contributed by atoms with Crippen molar-refractivity contribution < 1.29 is 23.8 Å². The summed E-state index contributed by atoms with van der Waals surface area (Å²) in [5.74, 6) is -0.604. The predicted octanol–water partition coefficient (Wildman–Crippen LogP) is 0.825. The van der Waals surface area contributed by atoms with Crippen LogP contribution in [0.4, 0.5) is 20.6 Å². The number of rotatable bonds is 7. The Morgan fingerprint density at radius 3 is 2.79 bits per heavy atom. The third kappa shape index (κ3) is 5.35. The van der Waals surface area contributed by atoms with Crippen LogP contribution in [0.3, 0.4) is 0 Å². The van der Waals surface area contributed by atoms with Crippen molar-refractivity contribution in [2.75, 3.05) is 49.1 Å². The molecule has 0 bridgehead atoms. The van der Waals surface area contributed by atoms with Gasteiger partial charge in [0.2, 0.25) is 5.91 Å². The zero-order valence-corrected chi connectivity index (χ0v) is 16.4. The minimum atomic E-state index is -0.554. The minimum Gasteiger partial charge on any atom is -0.442 e. The van der Waals surface area contributed by atoms with Gasteiger partial charge in [-0.05, 0) is 18.2 Å². The maximum Gasteiger partial charge on any atom is 0.414 e. The van der Waals surface area contributed by atoms with Crippen LogP contribution in [0.5, 0.6) is 0 Å². The largest absolute Gasteiger partial charge is 0.442 e. The molecule has 10 heteroatoms. The van der Waals surface area contributed by atoms with Crippen molar-refractivity contribution in [3.8, 4) is 0 Å². The number of carbonyl (C=O) groups excluding carboxylic acids is 2. The van der Waals surface area contributed by atoms with E-state index in [1.54, 1.807) is 12.1 Å². The minimum absolute atomic E-state index is 0.0268. The van der Waals surface area contributed by atoms with Crippen molar-refractivity contribution in [1.29, 1.82) is 0 Å². The SMILES string of the molecule is CC(=O)NC[C@H]1CN(c2ccc(N3CCC(=NNCCO)CC3)c(F)c2)C(=O)O1. The van der Waals surface area contributed by atoms with Gasteiger partial charge in [-0.1, -0.05) is 0 Å². The van der Waals surface area contributed by atoms with Crippen LogP contribution in [0.2, 0.25) is 0 Å². The summed E-state index contributed by atoms with van der Waals surface area (Å²) in [6.45, 7) is 3.59. The third-order valence-electron chi connectivity index (χ3n) is 4.84. The van der Waals surface area contributed by atoms with Crippen molar-refractivity contribution in [2.24, 2.45) is 5.10 Å². The molecule has 1 atom stereocenters. The van der Waals surface area contributed by atoms with E-state index < -0.39 is 18.0 Å². The van der Waals surface area contributed by atoms with Crippen molar-refractivity contribution in [3.05, 3.63) is 24.0 Å². The summed E-state index contributed by atoms with van der Waals surface area (Å²) >= 11 is 0. The Morgan fingerprint density at radius 2 is 2.14 bits per heavy atom. The van der Waals surface area contributed by atoms with Gasteiger partial charge in [0.1, 0.15) is 11.9 Å². The Kier molecular flexibility index (Phi) is 6.86. The number of nitrogens with one attached hydrogen (secondary N) is 2. The molecule has 2 fully saturated rings. The van der Waals surface area contributed by atoms with Crippen molar-refractivity contribution in [3.63, 3.8) is 0 Å². The van der Waals surface area contributed by atoms with Crippen LogP contribution in [0.1, 0.15) is 19.8 Å². The summed E-state index contributed by atoms with van der Waals surface area (Å²) in [5, 5.41) is 15.6. The van der Waals surface area contributed by atoms with E-state index in [1.807, 2.05) is 4.90 Å². The Labute approximate surface area is 168 Å². The Bertz CT molecular complexity index is 778. The number of halogens is 1. The monoisotopic (exact) mass is 407 g/mol. The van der Waals surface area contributed by atoms with E-state index >= 15 is 0 Å². The summed E-state index contributed by atoms with van der Waals surface area (Å²) in [4.78, 5) is 26.4. The first-order valence-corrected chi connectivity index (χ1v) is 9.64. The lowest BCUT2D eigenvalue weighted by atomic mass is 10.1. The highest BCUT2D eigenvalue weighted by molar-refractivity contribution is 5.90. The molecule has 2 aliphatic rings. The number of carbonyl (C=O) groups is 2. The highest BCUT2D eigenvalue weighted by Gasteiger charge is 2.33. The average molecular weight is 407 g/mol. The maximum absolute atomic E-state index is 14.8. The first-order chi connectivity index (χ1) is 14.0. The highest BCUT2D eigenvalue weighted by atomic mass is 19.1.